The number of hydrogen-bond donors (Lipinski definition) is 0. The third kappa shape index (κ3) is 2.84. The molecule has 0 spiro atoms. The van der Waals surface area contributed by atoms with E-state index in [4.69, 9.17) is 11.6 Å². The van der Waals surface area contributed by atoms with E-state index in [1.165, 1.54) is 12.1 Å². The van der Waals surface area contributed by atoms with Crippen LogP contribution in [0.4, 0.5) is 14.5 Å². The lowest BCUT2D eigenvalue weighted by Crippen LogP contribution is -2.58. The van der Waals surface area contributed by atoms with Crippen LogP contribution in [0.25, 0.3) is 0 Å². The van der Waals surface area contributed by atoms with Crippen LogP contribution < -0.4 is 4.90 Å². The van der Waals surface area contributed by atoms with Gasteiger partial charge in [-0.25, -0.2) is 8.78 Å². The molecule has 0 N–H and O–H groups in total. The summed E-state index contributed by atoms with van der Waals surface area (Å²) in [6.07, 6.45) is 0. The average Bonchev–Trinajstić information content (AvgIpc) is 2.32. The van der Waals surface area contributed by atoms with Crippen molar-refractivity contribution in [2.45, 2.75) is 25.3 Å². The smallest absolute Gasteiger partial charge is 0.149 e. The van der Waals surface area contributed by atoms with Crippen molar-refractivity contribution >= 4 is 17.3 Å². The highest BCUT2D eigenvalue weighted by atomic mass is 35.5. The van der Waals surface area contributed by atoms with Gasteiger partial charge in [-0.1, -0.05) is 0 Å². The predicted molar refractivity (Wildman–Crippen MR) is 74.8 cm³/mol. The Kier molecular flexibility index (Phi) is 4.02. The fraction of sp³-hybridized carbons (Fsp3) is 0.571. The van der Waals surface area contributed by atoms with Crippen molar-refractivity contribution in [1.82, 2.24) is 4.90 Å². The second-order valence-electron chi connectivity index (χ2n) is 5.70. The molecule has 0 aromatic heterocycles. The number of hydrogen-bond acceptors (Lipinski definition) is 2. The first-order valence-electron chi connectivity index (χ1n) is 6.35. The maximum Gasteiger partial charge on any atom is 0.149 e. The van der Waals surface area contributed by atoms with Crippen molar-refractivity contribution in [1.29, 1.82) is 0 Å². The first kappa shape index (κ1) is 14.5. The van der Waals surface area contributed by atoms with E-state index in [9.17, 15) is 8.78 Å². The van der Waals surface area contributed by atoms with Crippen LogP contribution in [0.2, 0.25) is 0 Å². The molecule has 19 heavy (non-hydrogen) atoms. The Balaban J connectivity index is 2.33. The highest BCUT2D eigenvalue weighted by Crippen LogP contribution is 2.30. The normalized spacial score (nSPS) is 19.8. The highest BCUT2D eigenvalue weighted by molar-refractivity contribution is 6.17. The molecule has 5 heteroatoms. The fourth-order valence-corrected chi connectivity index (χ4v) is 2.58. The molecule has 0 aliphatic carbocycles. The van der Waals surface area contributed by atoms with Gasteiger partial charge in [-0.15, -0.1) is 11.6 Å². The third-order valence-corrected chi connectivity index (χ3v) is 4.17. The van der Waals surface area contributed by atoms with Gasteiger partial charge in [0, 0.05) is 31.1 Å². The Labute approximate surface area is 117 Å². The summed E-state index contributed by atoms with van der Waals surface area (Å²) in [6, 6.07) is 2.63. The standard InChI is InChI=1S/C14H19ClF2N2/c1-14(2)9-19(5-4-18(14)3)13-11(16)6-10(8-15)7-12(13)17/h6-7H,4-5,8-9H2,1-3H3. The molecule has 2 rings (SSSR count). The minimum Gasteiger partial charge on any atom is -0.364 e. The Morgan fingerprint density at radius 1 is 1.21 bits per heavy atom. The number of benzene rings is 1. The van der Waals surface area contributed by atoms with Crippen molar-refractivity contribution in [3.05, 3.63) is 29.3 Å². The number of likely N-dealkylation sites (N-methyl/N-ethyl adjacent to an activating group) is 1. The van der Waals surface area contributed by atoms with E-state index >= 15 is 0 Å². The van der Waals surface area contributed by atoms with Crippen LogP contribution in [-0.2, 0) is 5.88 Å². The Bertz CT molecular complexity index is 454. The molecule has 1 heterocycles. The number of anilines is 1. The van der Waals surface area contributed by atoms with E-state index in [-0.39, 0.29) is 17.1 Å². The second-order valence-corrected chi connectivity index (χ2v) is 5.96. The fourth-order valence-electron chi connectivity index (χ4n) is 2.43. The largest absolute Gasteiger partial charge is 0.364 e. The molecule has 1 aliphatic rings. The zero-order valence-corrected chi connectivity index (χ0v) is 12.3. The maximum absolute atomic E-state index is 14.1. The molecular formula is C14H19ClF2N2. The molecule has 1 aliphatic heterocycles. The van der Waals surface area contributed by atoms with Gasteiger partial charge >= 0.3 is 0 Å². The second kappa shape index (κ2) is 5.25. The molecule has 1 aromatic carbocycles. The monoisotopic (exact) mass is 288 g/mol. The van der Waals surface area contributed by atoms with E-state index in [1.807, 2.05) is 7.05 Å². The zero-order chi connectivity index (χ0) is 14.2. The molecule has 1 aromatic rings. The summed E-state index contributed by atoms with van der Waals surface area (Å²) in [5.74, 6) is -0.950. The Hall–Kier alpha value is -0.870. The van der Waals surface area contributed by atoms with Crippen LogP contribution in [0, 0.1) is 11.6 Å². The number of halogens is 3. The van der Waals surface area contributed by atoms with Gasteiger partial charge in [0.1, 0.15) is 17.3 Å². The number of rotatable bonds is 2. The summed E-state index contributed by atoms with van der Waals surface area (Å²) < 4.78 is 28.2. The van der Waals surface area contributed by atoms with E-state index in [0.29, 0.717) is 18.7 Å². The predicted octanol–water partition coefficient (Wildman–Crippen LogP) is 3.23. The number of nitrogens with zero attached hydrogens (tertiary/aromatic N) is 2. The van der Waals surface area contributed by atoms with Crippen molar-refractivity contribution in [2.24, 2.45) is 0 Å². The van der Waals surface area contributed by atoms with Gasteiger partial charge in [-0.05, 0) is 38.6 Å². The van der Waals surface area contributed by atoms with Crippen LogP contribution in [0.5, 0.6) is 0 Å². The van der Waals surface area contributed by atoms with Crippen LogP contribution in [0.3, 0.4) is 0 Å². The molecule has 0 amide bonds. The van der Waals surface area contributed by atoms with E-state index in [2.05, 4.69) is 18.7 Å². The molecule has 0 atom stereocenters. The minimum atomic E-state index is -0.531. The summed E-state index contributed by atoms with van der Waals surface area (Å²) in [6.45, 7) is 6.14. The number of piperazine rings is 1. The van der Waals surface area contributed by atoms with Crippen LogP contribution in [0.15, 0.2) is 12.1 Å². The van der Waals surface area contributed by atoms with Crippen molar-refractivity contribution in [3.8, 4) is 0 Å². The Morgan fingerprint density at radius 3 is 2.26 bits per heavy atom. The quantitative estimate of drug-likeness (QED) is 0.771. The average molecular weight is 289 g/mol. The summed E-state index contributed by atoms with van der Waals surface area (Å²) >= 11 is 5.62. The van der Waals surface area contributed by atoms with Crippen molar-refractivity contribution in [3.63, 3.8) is 0 Å². The van der Waals surface area contributed by atoms with E-state index < -0.39 is 11.6 Å². The van der Waals surface area contributed by atoms with E-state index in [0.717, 1.165) is 6.54 Å². The summed E-state index contributed by atoms with van der Waals surface area (Å²) in [5, 5.41) is 0. The molecule has 2 nitrogen and oxygen atoms in total. The van der Waals surface area contributed by atoms with Gasteiger partial charge in [0.2, 0.25) is 0 Å². The molecule has 0 bridgehead atoms. The number of alkyl halides is 1. The first-order valence-corrected chi connectivity index (χ1v) is 6.88. The molecule has 1 saturated heterocycles. The van der Waals surface area contributed by atoms with Gasteiger partial charge in [-0.2, -0.15) is 0 Å². The molecular weight excluding hydrogens is 270 g/mol. The van der Waals surface area contributed by atoms with Crippen molar-refractivity contribution < 1.29 is 8.78 Å². The lowest BCUT2D eigenvalue weighted by atomic mass is 9.99. The highest BCUT2D eigenvalue weighted by Gasteiger charge is 2.33. The molecule has 106 valence electrons. The minimum absolute atomic E-state index is 0.0649. The Morgan fingerprint density at radius 2 is 1.79 bits per heavy atom. The zero-order valence-electron chi connectivity index (χ0n) is 11.5. The van der Waals surface area contributed by atoms with Gasteiger partial charge in [0.05, 0.1) is 0 Å². The molecule has 0 saturated carbocycles. The summed E-state index contributed by atoms with van der Waals surface area (Å²) in [4.78, 5) is 3.98. The lowest BCUT2D eigenvalue weighted by Gasteiger charge is -2.46. The SMILES string of the molecule is CN1CCN(c2c(F)cc(CCl)cc2F)CC1(C)C. The van der Waals surface area contributed by atoms with Gasteiger partial charge in [-0.3, -0.25) is 4.90 Å². The maximum atomic E-state index is 14.1. The molecule has 1 fully saturated rings. The van der Waals surface area contributed by atoms with Crippen molar-refractivity contribution in [2.75, 3.05) is 31.6 Å². The van der Waals surface area contributed by atoms with Gasteiger partial charge in [0.15, 0.2) is 0 Å². The third-order valence-electron chi connectivity index (χ3n) is 3.86. The first-order chi connectivity index (χ1) is 8.85. The molecule has 0 radical (unpaired) electrons. The van der Waals surface area contributed by atoms with Gasteiger partial charge in [0.25, 0.3) is 0 Å². The van der Waals surface area contributed by atoms with E-state index in [1.54, 1.807) is 4.90 Å². The van der Waals surface area contributed by atoms with Crippen LogP contribution in [0.1, 0.15) is 19.4 Å². The lowest BCUT2D eigenvalue weighted by molar-refractivity contribution is 0.138. The van der Waals surface area contributed by atoms with Crippen LogP contribution in [-0.4, -0.2) is 37.1 Å². The topological polar surface area (TPSA) is 6.48 Å². The van der Waals surface area contributed by atoms with Gasteiger partial charge < -0.3 is 4.90 Å². The van der Waals surface area contributed by atoms with Crippen LogP contribution >= 0.6 is 11.6 Å². The summed E-state index contributed by atoms with van der Waals surface area (Å²) in [5.41, 5.74) is 0.422. The summed E-state index contributed by atoms with van der Waals surface area (Å²) in [7, 11) is 2.03. The molecule has 0 unspecified atom stereocenters.